The van der Waals surface area contributed by atoms with Crippen molar-refractivity contribution in [3.8, 4) is 0 Å². The Labute approximate surface area is 121 Å². The minimum atomic E-state index is -3.58. The zero-order chi connectivity index (χ0) is 14.9. The van der Waals surface area contributed by atoms with E-state index in [0.29, 0.717) is 18.5 Å². The summed E-state index contributed by atoms with van der Waals surface area (Å²) in [7, 11) is 1.83. The summed E-state index contributed by atoms with van der Waals surface area (Å²) in [6.45, 7) is 0.941. The Morgan fingerprint density at radius 3 is 2.70 bits per heavy atom. The highest BCUT2D eigenvalue weighted by Gasteiger charge is 2.16. The lowest BCUT2D eigenvalue weighted by Gasteiger charge is -2.10. The molecule has 1 heterocycles. The van der Waals surface area contributed by atoms with Crippen molar-refractivity contribution in [3.05, 3.63) is 28.6 Å². The van der Waals surface area contributed by atoms with E-state index in [9.17, 15) is 13.2 Å². The van der Waals surface area contributed by atoms with Crippen molar-refractivity contribution in [2.75, 3.05) is 27.2 Å². The van der Waals surface area contributed by atoms with Crippen molar-refractivity contribution in [3.63, 3.8) is 0 Å². The van der Waals surface area contributed by atoms with E-state index in [-0.39, 0.29) is 10.5 Å². The third-order valence-corrected chi connectivity index (χ3v) is 5.32. The molecule has 0 aliphatic carbocycles. The van der Waals surface area contributed by atoms with Crippen molar-refractivity contribution < 1.29 is 8.42 Å². The van der Waals surface area contributed by atoms with Crippen LogP contribution in [0, 0.1) is 0 Å². The van der Waals surface area contributed by atoms with Crippen LogP contribution in [0.4, 0.5) is 0 Å². The topological polar surface area (TPSA) is 71.4 Å². The number of rotatable bonds is 5. The van der Waals surface area contributed by atoms with E-state index in [1.807, 2.05) is 19.0 Å². The van der Waals surface area contributed by atoms with Crippen molar-refractivity contribution >= 4 is 31.6 Å². The Hall–Kier alpha value is -1.22. The van der Waals surface area contributed by atoms with Crippen LogP contribution in [0.2, 0.25) is 0 Å². The summed E-state index contributed by atoms with van der Waals surface area (Å²) in [6, 6.07) is 4.63. The summed E-state index contributed by atoms with van der Waals surface area (Å²) in [5.74, 6) is 0. The van der Waals surface area contributed by atoms with Gasteiger partial charge in [-0.25, -0.2) is 13.1 Å². The first kappa shape index (κ1) is 15.2. The molecule has 0 radical (unpaired) electrons. The van der Waals surface area contributed by atoms with Crippen molar-refractivity contribution in [1.82, 2.24) is 13.6 Å². The second kappa shape index (κ2) is 5.65. The summed E-state index contributed by atoms with van der Waals surface area (Å²) in [5.41, 5.74) is -0.171. The molecule has 110 valence electrons. The maximum absolute atomic E-state index is 12.1. The van der Waals surface area contributed by atoms with Crippen molar-refractivity contribution in [1.29, 1.82) is 0 Å². The number of aromatic nitrogens is 1. The van der Waals surface area contributed by atoms with Gasteiger partial charge in [-0.1, -0.05) is 11.5 Å². The highest BCUT2D eigenvalue weighted by atomic mass is 32.2. The molecule has 0 aliphatic heterocycles. The fourth-order valence-electron chi connectivity index (χ4n) is 1.77. The van der Waals surface area contributed by atoms with Crippen molar-refractivity contribution in [2.45, 2.75) is 4.90 Å². The minimum absolute atomic E-state index is 0.124. The number of hydrogen-bond donors (Lipinski definition) is 1. The first-order chi connectivity index (χ1) is 9.31. The van der Waals surface area contributed by atoms with Gasteiger partial charge in [-0.2, -0.15) is 0 Å². The van der Waals surface area contributed by atoms with Crippen LogP contribution in [0.15, 0.2) is 27.9 Å². The number of nitrogens with one attached hydrogen (secondary N) is 1. The molecule has 1 N–H and O–H groups in total. The number of likely N-dealkylation sites (N-methyl/N-ethyl adjacent to an activating group) is 1. The Balaban J connectivity index is 2.32. The molecule has 2 aromatic rings. The third-order valence-electron chi connectivity index (χ3n) is 2.86. The first-order valence-electron chi connectivity index (χ1n) is 6.06. The SMILES string of the molecule is CN(C)CCNS(=O)(=O)c1ccc2sn(C)c(=O)c2c1. The van der Waals surface area contributed by atoms with E-state index in [4.69, 9.17) is 0 Å². The third kappa shape index (κ3) is 3.09. The number of benzene rings is 1. The molecule has 0 atom stereocenters. The number of sulfonamides is 1. The molecule has 1 aromatic heterocycles. The highest BCUT2D eigenvalue weighted by Crippen LogP contribution is 2.20. The maximum Gasteiger partial charge on any atom is 0.268 e. The largest absolute Gasteiger partial charge is 0.308 e. The van der Waals surface area contributed by atoms with Crippen LogP contribution in [-0.2, 0) is 17.1 Å². The maximum atomic E-state index is 12.1. The van der Waals surface area contributed by atoms with Gasteiger partial charge in [-0.05, 0) is 32.3 Å². The molecule has 8 heteroatoms. The molecule has 6 nitrogen and oxygen atoms in total. The normalized spacial score (nSPS) is 12.4. The van der Waals surface area contributed by atoms with Gasteiger partial charge in [0.15, 0.2) is 0 Å². The first-order valence-corrected chi connectivity index (χ1v) is 8.31. The van der Waals surface area contributed by atoms with Crippen molar-refractivity contribution in [2.24, 2.45) is 7.05 Å². The number of aryl methyl sites for hydroxylation is 1. The quantitative estimate of drug-likeness (QED) is 0.869. The Kier molecular flexibility index (Phi) is 4.28. The van der Waals surface area contributed by atoms with Gasteiger partial charge in [-0.3, -0.25) is 8.75 Å². The molecular formula is C12H17N3O3S2. The molecular weight excluding hydrogens is 298 g/mol. The van der Waals surface area contributed by atoms with Gasteiger partial charge in [0.1, 0.15) is 0 Å². The summed E-state index contributed by atoms with van der Waals surface area (Å²) >= 11 is 1.30. The van der Waals surface area contributed by atoms with Crippen LogP contribution in [0.1, 0.15) is 0 Å². The van der Waals surface area contributed by atoms with Gasteiger partial charge >= 0.3 is 0 Å². The Morgan fingerprint density at radius 1 is 1.35 bits per heavy atom. The van der Waals surface area contributed by atoms with Crippen LogP contribution >= 0.6 is 11.5 Å². The number of fused-ring (bicyclic) bond motifs is 1. The molecule has 0 spiro atoms. The molecule has 0 amide bonds. The summed E-state index contributed by atoms with van der Waals surface area (Å²) in [6.07, 6.45) is 0. The zero-order valence-corrected chi connectivity index (χ0v) is 13.2. The lowest BCUT2D eigenvalue weighted by atomic mass is 10.3. The molecule has 1 aromatic carbocycles. The van der Waals surface area contributed by atoms with Gasteiger partial charge < -0.3 is 4.90 Å². The predicted molar refractivity (Wildman–Crippen MR) is 80.8 cm³/mol. The molecule has 20 heavy (non-hydrogen) atoms. The molecule has 2 rings (SSSR count). The lowest BCUT2D eigenvalue weighted by Crippen LogP contribution is -2.31. The standard InChI is InChI=1S/C12H17N3O3S2/c1-14(2)7-6-13-20(17,18)9-4-5-11-10(8-9)12(16)15(3)19-11/h4-5,8,13H,6-7H2,1-3H3. The zero-order valence-electron chi connectivity index (χ0n) is 11.6. The van der Waals surface area contributed by atoms with E-state index in [1.54, 1.807) is 13.1 Å². The van der Waals surface area contributed by atoms with E-state index < -0.39 is 10.0 Å². The van der Waals surface area contributed by atoms with Crippen LogP contribution < -0.4 is 10.3 Å². The molecule has 0 saturated carbocycles. The summed E-state index contributed by atoms with van der Waals surface area (Å²) in [4.78, 5) is 13.9. The lowest BCUT2D eigenvalue weighted by molar-refractivity contribution is 0.412. The second-order valence-electron chi connectivity index (χ2n) is 4.75. The summed E-state index contributed by atoms with van der Waals surface area (Å²) < 4.78 is 29.1. The van der Waals surface area contributed by atoms with Gasteiger partial charge in [-0.15, -0.1) is 0 Å². The molecule has 0 aliphatic rings. The van der Waals surface area contributed by atoms with E-state index in [1.165, 1.54) is 27.6 Å². The Morgan fingerprint density at radius 2 is 2.05 bits per heavy atom. The van der Waals surface area contributed by atoms with E-state index >= 15 is 0 Å². The second-order valence-corrected chi connectivity index (χ2v) is 7.69. The molecule has 0 unspecified atom stereocenters. The molecule has 0 bridgehead atoms. The highest BCUT2D eigenvalue weighted by molar-refractivity contribution is 7.89. The van der Waals surface area contributed by atoms with Gasteiger partial charge in [0.2, 0.25) is 10.0 Å². The van der Waals surface area contributed by atoms with Crippen LogP contribution in [0.25, 0.3) is 10.1 Å². The van der Waals surface area contributed by atoms with Gasteiger partial charge in [0, 0.05) is 20.1 Å². The summed E-state index contributed by atoms with van der Waals surface area (Å²) in [5, 5.41) is 0.438. The van der Waals surface area contributed by atoms with Crippen LogP contribution in [0.3, 0.4) is 0 Å². The van der Waals surface area contributed by atoms with Gasteiger partial charge in [0.25, 0.3) is 5.56 Å². The predicted octanol–water partition coefficient (Wildman–Crippen LogP) is 0.440. The van der Waals surface area contributed by atoms with Crippen LogP contribution in [0.5, 0.6) is 0 Å². The number of hydrogen-bond acceptors (Lipinski definition) is 5. The fraction of sp³-hybridized carbons (Fsp3) is 0.417. The number of nitrogens with zero attached hydrogens (tertiary/aromatic N) is 2. The monoisotopic (exact) mass is 315 g/mol. The van der Waals surface area contributed by atoms with Crippen LogP contribution in [-0.4, -0.2) is 44.5 Å². The minimum Gasteiger partial charge on any atom is -0.308 e. The van der Waals surface area contributed by atoms with E-state index in [0.717, 1.165) is 4.70 Å². The smallest absolute Gasteiger partial charge is 0.268 e. The Bertz CT molecular complexity index is 775. The molecule has 0 saturated heterocycles. The average Bonchev–Trinajstić information content (AvgIpc) is 2.64. The average molecular weight is 315 g/mol. The van der Waals surface area contributed by atoms with E-state index in [2.05, 4.69) is 4.72 Å². The van der Waals surface area contributed by atoms with Gasteiger partial charge in [0.05, 0.1) is 15.0 Å². The fourth-order valence-corrected chi connectivity index (χ4v) is 3.67. The molecule has 0 fully saturated rings.